The summed E-state index contributed by atoms with van der Waals surface area (Å²) in [6, 6.07) is 4.61. The van der Waals surface area contributed by atoms with Crippen LogP contribution in [-0.4, -0.2) is 63.0 Å². The van der Waals surface area contributed by atoms with E-state index in [0.29, 0.717) is 5.56 Å². The molecule has 0 saturated carbocycles. The maximum atomic E-state index is 12.2. The van der Waals surface area contributed by atoms with E-state index in [1.54, 1.807) is 12.1 Å². The minimum Gasteiger partial charge on any atom is -0.534 e. The first kappa shape index (κ1) is 18.4. The fourth-order valence-electron chi connectivity index (χ4n) is 2.72. The fourth-order valence-corrected chi connectivity index (χ4v) is 2.72. The van der Waals surface area contributed by atoms with Crippen molar-refractivity contribution in [1.82, 2.24) is 25.6 Å². The van der Waals surface area contributed by atoms with Crippen molar-refractivity contribution in [2.75, 3.05) is 7.05 Å². The zero-order valence-corrected chi connectivity index (χ0v) is 14.2. The van der Waals surface area contributed by atoms with Gasteiger partial charge in [0.25, 0.3) is 5.91 Å². The van der Waals surface area contributed by atoms with Crippen LogP contribution in [0.3, 0.4) is 0 Å². The summed E-state index contributed by atoms with van der Waals surface area (Å²) in [5.74, 6) is -2.75. The Hall–Kier alpha value is -3.41. The molecule has 0 radical (unpaired) electrons. The molecular formula is C15H16BN5O6. The molecule has 1 aromatic heterocycles. The number of aromatic carboxylic acids is 1. The van der Waals surface area contributed by atoms with E-state index in [1.807, 2.05) is 0 Å². The van der Waals surface area contributed by atoms with Gasteiger partial charge in [-0.25, -0.2) is 9.48 Å². The number of carboxylic acid groups (broad SMARTS) is 1. The number of rotatable bonds is 5. The van der Waals surface area contributed by atoms with Gasteiger partial charge in [0.05, 0.1) is 17.7 Å². The number of benzene rings is 1. The van der Waals surface area contributed by atoms with Crippen LogP contribution in [0.25, 0.3) is 0 Å². The van der Waals surface area contributed by atoms with Crippen LogP contribution in [0.4, 0.5) is 0 Å². The minimum atomic E-state index is -1.40. The fraction of sp³-hybridized carbons (Fsp3) is 0.267. The third-order valence-corrected chi connectivity index (χ3v) is 4.00. The summed E-state index contributed by atoms with van der Waals surface area (Å²) in [6.45, 7) is -0.213. The zero-order valence-electron chi connectivity index (χ0n) is 14.2. The Morgan fingerprint density at radius 3 is 2.89 bits per heavy atom. The lowest BCUT2D eigenvalue weighted by Gasteiger charge is -2.28. The number of carbonyl (C=O) groups is 3. The molecule has 140 valence electrons. The van der Waals surface area contributed by atoms with Crippen molar-refractivity contribution >= 4 is 24.9 Å². The average molecular weight is 373 g/mol. The lowest BCUT2D eigenvalue weighted by Crippen LogP contribution is -2.53. The van der Waals surface area contributed by atoms with E-state index in [2.05, 4.69) is 20.9 Å². The maximum absolute atomic E-state index is 12.2. The predicted molar refractivity (Wildman–Crippen MR) is 91.0 cm³/mol. The van der Waals surface area contributed by atoms with Crippen LogP contribution in [0.5, 0.6) is 5.75 Å². The van der Waals surface area contributed by atoms with Crippen molar-refractivity contribution in [1.29, 1.82) is 0 Å². The summed E-state index contributed by atoms with van der Waals surface area (Å²) < 4.78 is 6.50. The van der Waals surface area contributed by atoms with Gasteiger partial charge in [-0.1, -0.05) is 17.3 Å². The molecule has 0 bridgehead atoms. The van der Waals surface area contributed by atoms with Gasteiger partial charge in [0, 0.05) is 7.05 Å². The second-order valence-electron chi connectivity index (χ2n) is 5.87. The van der Waals surface area contributed by atoms with E-state index >= 15 is 0 Å². The van der Waals surface area contributed by atoms with Gasteiger partial charge in [-0.2, -0.15) is 0 Å². The van der Waals surface area contributed by atoms with E-state index in [0.717, 1.165) is 0 Å². The number of carboxylic acids is 1. The first-order valence-corrected chi connectivity index (χ1v) is 8.00. The maximum Gasteiger partial charge on any atom is 0.547 e. The quantitative estimate of drug-likeness (QED) is 0.460. The summed E-state index contributed by atoms with van der Waals surface area (Å²) in [4.78, 5) is 34.9. The normalized spacial score (nSPS) is 15.5. The highest BCUT2D eigenvalue weighted by Crippen LogP contribution is 2.30. The number of nitrogens with zero attached hydrogens (tertiary/aromatic N) is 3. The second-order valence-corrected chi connectivity index (χ2v) is 5.87. The summed E-state index contributed by atoms with van der Waals surface area (Å²) in [6.07, 6.45) is 1.52. The first-order chi connectivity index (χ1) is 12.9. The largest absolute Gasteiger partial charge is 0.547 e. The Bertz CT molecular complexity index is 901. The van der Waals surface area contributed by atoms with Crippen molar-refractivity contribution < 1.29 is 29.2 Å². The number of carbonyl (C=O) groups excluding carboxylic acids is 2. The number of fused-ring (bicyclic) bond motifs is 1. The van der Waals surface area contributed by atoms with E-state index in [-0.39, 0.29) is 30.0 Å². The molecule has 0 fully saturated rings. The highest BCUT2D eigenvalue weighted by Gasteiger charge is 2.37. The van der Waals surface area contributed by atoms with Crippen LogP contribution in [0.1, 0.15) is 26.4 Å². The number of hydrogen-bond acceptors (Lipinski definition) is 7. The van der Waals surface area contributed by atoms with E-state index < -0.39 is 30.8 Å². The molecule has 0 saturated heterocycles. The van der Waals surface area contributed by atoms with E-state index in [9.17, 15) is 24.5 Å². The number of aromatic nitrogens is 3. The van der Waals surface area contributed by atoms with Crippen LogP contribution < -0.4 is 15.3 Å². The summed E-state index contributed by atoms with van der Waals surface area (Å²) in [5.41, 5.74) is 0.579. The Morgan fingerprint density at radius 1 is 1.41 bits per heavy atom. The van der Waals surface area contributed by atoms with Gasteiger partial charge in [-0.05, 0) is 18.1 Å². The molecule has 1 atom stereocenters. The molecule has 1 aliphatic rings. The monoisotopic (exact) mass is 373 g/mol. The predicted octanol–water partition coefficient (Wildman–Crippen LogP) is -1.52. The Morgan fingerprint density at radius 2 is 2.19 bits per heavy atom. The molecule has 2 amide bonds. The molecule has 1 aromatic carbocycles. The van der Waals surface area contributed by atoms with Crippen LogP contribution in [0.2, 0.25) is 0 Å². The van der Waals surface area contributed by atoms with Gasteiger partial charge in [0.2, 0.25) is 5.91 Å². The van der Waals surface area contributed by atoms with Gasteiger partial charge in [-0.15, -0.1) is 5.10 Å². The van der Waals surface area contributed by atoms with Crippen LogP contribution in [0.15, 0.2) is 24.4 Å². The number of nitrogens with one attached hydrogen (secondary N) is 2. The molecule has 3 rings (SSSR count). The number of amides is 2. The van der Waals surface area contributed by atoms with Crippen molar-refractivity contribution in [2.24, 2.45) is 0 Å². The standard InChI is InChI=1S/C15H16BN5O6/c1-17-14(23)10-6-21(20-19-10)7-12(22)18-11-5-8-3-2-4-9(15(24)25)13(8)27-16(11)26/h2-4,6,11,26H,5,7H2,1H3,(H,17,23)(H,18,22)(H,24,25)/t11-/m0/s1. The lowest BCUT2D eigenvalue weighted by atomic mass is 9.72. The van der Waals surface area contributed by atoms with Gasteiger partial charge in [0.1, 0.15) is 12.3 Å². The molecule has 4 N–H and O–H groups in total. The van der Waals surface area contributed by atoms with Gasteiger partial charge in [0.15, 0.2) is 5.69 Å². The average Bonchev–Trinajstić information content (AvgIpc) is 3.09. The van der Waals surface area contributed by atoms with Gasteiger partial charge < -0.3 is 25.4 Å². The number of para-hydroxylation sites is 1. The van der Waals surface area contributed by atoms with Crippen molar-refractivity contribution in [3.8, 4) is 5.75 Å². The van der Waals surface area contributed by atoms with E-state index in [4.69, 9.17) is 4.65 Å². The summed E-state index contributed by atoms with van der Waals surface area (Å²) >= 11 is 0. The minimum absolute atomic E-state index is 0.0549. The third-order valence-electron chi connectivity index (χ3n) is 4.00. The van der Waals surface area contributed by atoms with Crippen molar-refractivity contribution in [3.63, 3.8) is 0 Å². The van der Waals surface area contributed by atoms with Crippen molar-refractivity contribution in [3.05, 3.63) is 41.2 Å². The second kappa shape index (κ2) is 7.46. The summed E-state index contributed by atoms with van der Waals surface area (Å²) in [5, 5.41) is 31.7. The summed E-state index contributed by atoms with van der Waals surface area (Å²) in [7, 11) is 0.0469. The molecule has 1 aliphatic heterocycles. The Labute approximate surface area is 153 Å². The number of hydrogen-bond donors (Lipinski definition) is 4. The molecule has 0 aliphatic carbocycles. The van der Waals surface area contributed by atoms with Crippen molar-refractivity contribution in [2.45, 2.75) is 18.9 Å². The van der Waals surface area contributed by atoms with Crippen LogP contribution in [-0.2, 0) is 17.8 Å². The van der Waals surface area contributed by atoms with Gasteiger partial charge in [-0.3, -0.25) is 9.59 Å². The SMILES string of the molecule is CNC(=O)c1cn(CC(=O)N[C@H]2Cc3cccc(C(=O)O)c3OB2O)nn1. The smallest absolute Gasteiger partial charge is 0.534 e. The Balaban J connectivity index is 1.67. The molecule has 11 nitrogen and oxygen atoms in total. The molecule has 0 spiro atoms. The zero-order chi connectivity index (χ0) is 19.6. The first-order valence-electron chi connectivity index (χ1n) is 8.00. The molecule has 2 heterocycles. The lowest BCUT2D eigenvalue weighted by molar-refractivity contribution is -0.122. The molecule has 2 aromatic rings. The highest BCUT2D eigenvalue weighted by atomic mass is 16.5. The Kier molecular flexibility index (Phi) is 5.08. The molecule has 12 heteroatoms. The third kappa shape index (κ3) is 3.90. The molecular weight excluding hydrogens is 357 g/mol. The van der Waals surface area contributed by atoms with Crippen LogP contribution in [0, 0.1) is 0 Å². The van der Waals surface area contributed by atoms with Gasteiger partial charge >= 0.3 is 13.1 Å². The molecule has 27 heavy (non-hydrogen) atoms. The topological polar surface area (TPSA) is 156 Å². The van der Waals surface area contributed by atoms with E-state index in [1.165, 1.54) is 24.0 Å². The highest BCUT2D eigenvalue weighted by molar-refractivity contribution is 6.47. The molecule has 0 unspecified atom stereocenters. The van der Waals surface area contributed by atoms with Crippen LogP contribution >= 0.6 is 0 Å².